The van der Waals surface area contributed by atoms with Crippen molar-refractivity contribution < 1.29 is 22.4 Å². The van der Waals surface area contributed by atoms with Crippen molar-refractivity contribution in [3.05, 3.63) is 69.8 Å². The van der Waals surface area contributed by atoms with Crippen LogP contribution in [-0.2, 0) is 23.1 Å². The Bertz CT molecular complexity index is 1120. The average Bonchev–Trinajstić information content (AvgIpc) is 3.38. The molecular formula is C21H24N2O5S2. The van der Waals surface area contributed by atoms with E-state index in [0.29, 0.717) is 12.3 Å². The number of carbonyl (C=O) groups is 1. The van der Waals surface area contributed by atoms with E-state index in [4.69, 9.17) is 9.15 Å². The third-order valence-electron chi connectivity index (χ3n) is 4.53. The van der Waals surface area contributed by atoms with E-state index in [9.17, 15) is 13.2 Å². The van der Waals surface area contributed by atoms with Crippen molar-refractivity contribution in [2.75, 3.05) is 21.2 Å². The standard InChI is InChI=1S/C21H24N2O5S2/c1-15-7-9-18(29-15)14-23(13-17-6-5-11-28-17)21(24)16-8-10-19(27-4)20(12-16)30(25,26)22(2)3/h5-12H,13-14H2,1-4H3. The first-order chi connectivity index (χ1) is 14.2. The summed E-state index contributed by atoms with van der Waals surface area (Å²) in [7, 11) is 0.483. The molecule has 0 fully saturated rings. The predicted octanol–water partition coefficient (Wildman–Crippen LogP) is 3.75. The van der Waals surface area contributed by atoms with Crippen LogP contribution in [0.1, 0.15) is 25.9 Å². The Hall–Kier alpha value is -2.62. The topological polar surface area (TPSA) is 80.1 Å². The fraction of sp³-hybridized carbons (Fsp3) is 0.286. The van der Waals surface area contributed by atoms with Gasteiger partial charge in [-0.15, -0.1) is 11.3 Å². The lowest BCUT2D eigenvalue weighted by atomic mass is 10.1. The van der Waals surface area contributed by atoms with Crippen molar-refractivity contribution >= 4 is 27.3 Å². The minimum atomic E-state index is -3.79. The number of rotatable bonds is 8. The Balaban J connectivity index is 1.99. The maximum Gasteiger partial charge on any atom is 0.254 e. The van der Waals surface area contributed by atoms with Gasteiger partial charge in [-0.3, -0.25) is 4.79 Å². The van der Waals surface area contributed by atoms with E-state index >= 15 is 0 Å². The molecule has 2 aromatic heterocycles. The van der Waals surface area contributed by atoms with Crippen LogP contribution in [0.25, 0.3) is 0 Å². The fourth-order valence-electron chi connectivity index (χ4n) is 2.94. The summed E-state index contributed by atoms with van der Waals surface area (Å²) in [5.41, 5.74) is 0.260. The molecule has 0 radical (unpaired) electrons. The Morgan fingerprint density at radius 2 is 1.90 bits per heavy atom. The van der Waals surface area contributed by atoms with Crippen LogP contribution in [-0.4, -0.2) is 44.7 Å². The molecule has 7 nitrogen and oxygen atoms in total. The van der Waals surface area contributed by atoms with Crippen molar-refractivity contribution in [3.63, 3.8) is 0 Å². The molecule has 0 bridgehead atoms. The first-order valence-electron chi connectivity index (χ1n) is 9.20. The number of carbonyl (C=O) groups excluding carboxylic acids is 1. The van der Waals surface area contributed by atoms with Gasteiger partial charge in [0.15, 0.2) is 0 Å². The van der Waals surface area contributed by atoms with E-state index in [1.807, 2.05) is 19.1 Å². The molecular weight excluding hydrogens is 424 g/mol. The zero-order valence-corrected chi connectivity index (χ0v) is 18.9. The van der Waals surface area contributed by atoms with Gasteiger partial charge >= 0.3 is 0 Å². The van der Waals surface area contributed by atoms with Gasteiger partial charge < -0.3 is 14.1 Å². The lowest BCUT2D eigenvalue weighted by Gasteiger charge is -2.22. The average molecular weight is 449 g/mol. The van der Waals surface area contributed by atoms with E-state index in [0.717, 1.165) is 14.1 Å². The molecule has 0 atom stereocenters. The number of nitrogens with zero attached hydrogens (tertiary/aromatic N) is 2. The van der Waals surface area contributed by atoms with Crippen molar-refractivity contribution in [2.45, 2.75) is 24.9 Å². The fourth-order valence-corrected chi connectivity index (χ4v) is 4.92. The number of hydrogen-bond acceptors (Lipinski definition) is 6. The zero-order valence-electron chi connectivity index (χ0n) is 17.3. The Kier molecular flexibility index (Phi) is 6.64. The van der Waals surface area contributed by atoms with Gasteiger partial charge in [0, 0.05) is 29.4 Å². The number of furan rings is 1. The van der Waals surface area contributed by atoms with E-state index in [-0.39, 0.29) is 28.7 Å². The maximum atomic E-state index is 13.4. The van der Waals surface area contributed by atoms with Crippen LogP contribution in [0.2, 0.25) is 0 Å². The van der Waals surface area contributed by atoms with E-state index in [1.54, 1.807) is 40.7 Å². The maximum absolute atomic E-state index is 13.4. The quantitative estimate of drug-likeness (QED) is 0.524. The van der Waals surface area contributed by atoms with Crippen LogP contribution >= 0.6 is 11.3 Å². The highest BCUT2D eigenvalue weighted by molar-refractivity contribution is 7.89. The van der Waals surface area contributed by atoms with Crippen LogP contribution in [0.4, 0.5) is 0 Å². The largest absolute Gasteiger partial charge is 0.495 e. The SMILES string of the molecule is COc1ccc(C(=O)N(Cc2ccco2)Cc2ccc(C)s2)cc1S(=O)(=O)N(C)C. The van der Waals surface area contributed by atoms with Crippen LogP contribution in [0.15, 0.2) is 58.0 Å². The molecule has 0 saturated carbocycles. The molecule has 0 aliphatic carbocycles. The van der Waals surface area contributed by atoms with E-state index in [2.05, 4.69) is 0 Å². The highest BCUT2D eigenvalue weighted by Gasteiger charge is 2.26. The van der Waals surface area contributed by atoms with Gasteiger partial charge in [0.05, 0.1) is 26.5 Å². The number of ether oxygens (including phenoxy) is 1. The summed E-state index contributed by atoms with van der Waals surface area (Å²) in [6.07, 6.45) is 1.56. The Morgan fingerprint density at radius 1 is 1.13 bits per heavy atom. The first kappa shape index (κ1) is 22.1. The molecule has 2 heterocycles. The smallest absolute Gasteiger partial charge is 0.254 e. The van der Waals surface area contributed by atoms with E-state index < -0.39 is 10.0 Å². The molecule has 3 aromatic rings. The first-order valence-corrected chi connectivity index (χ1v) is 11.5. The minimum absolute atomic E-state index is 0.0502. The molecule has 0 spiro atoms. The summed E-state index contributed by atoms with van der Waals surface area (Å²) in [5.74, 6) is 0.535. The number of sulfonamides is 1. The van der Waals surface area contributed by atoms with Gasteiger partial charge in [-0.05, 0) is 49.4 Å². The monoisotopic (exact) mass is 448 g/mol. The summed E-state index contributed by atoms with van der Waals surface area (Å²) in [5, 5.41) is 0. The number of hydrogen-bond donors (Lipinski definition) is 0. The minimum Gasteiger partial charge on any atom is -0.495 e. The molecule has 1 aromatic carbocycles. The van der Waals surface area contributed by atoms with E-state index in [1.165, 1.54) is 33.3 Å². The molecule has 0 unspecified atom stereocenters. The molecule has 0 saturated heterocycles. The van der Waals surface area contributed by atoms with Crippen LogP contribution in [0.5, 0.6) is 5.75 Å². The molecule has 1 amide bonds. The van der Waals surface area contributed by atoms with Crippen molar-refractivity contribution in [1.82, 2.24) is 9.21 Å². The number of amides is 1. The van der Waals surface area contributed by atoms with Gasteiger partial charge in [0.25, 0.3) is 5.91 Å². The summed E-state index contributed by atoms with van der Waals surface area (Å²) in [6, 6.07) is 12.0. The summed E-state index contributed by atoms with van der Waals surface area (Å²) in [4.78, 5) is 17.1. The molecule has 0 aliphatic rings. The van der Waals surface area contributed by atoms with Crippen molar-refractivity contribution in [2.24, 2.45) is 0 Å². The number of methoxy groups -OCH3 is 1. The van der Waals surface area contributed by atoms with Gasteiger partial charge in [0.1, 0.15) is 16.4 Å². The molecule has 0 aliphatic heterocycles. The zero-order chi connectivity index (χ0) is 21.9. The van der Waals surface area contributed by atoms with Gasteiger partial charge in [-0.2, -0.15) is 0 Å². The molecule has 3 rings (SSSR count). The van der Waals surface area contributed by atoms with Crippen LogP contribution < -0.4 is 4.74 Å². The number of aryl methyl sites for hydroxylation is 1. The van der Waals surface area contributed by atoms with Gasteiger partial charge in [-0.1, -0.05) is 0 Å². The second-order valence-electron chi connectivity index (χ2n) is 6.91. The summed E-state index contributed by atoms with van der Waals surface area (Å²) in [6.45, 7) is 2.67. The highest BCUT2D eigenvalue weighted by Crippen LogP contribution is 2.28. The second-order valence-corrected chi connectivity index (χ2v) is 10.4. The summed E-state index contributed by atoms with van der Waals surface area (Å²) >= 11 is 1.61. The van der Waals surface area contributed by atoms with Crippen molar-refractivity contribution in [1.29, 1.82) is 0 Å². The molecule has 160 valence electrons. The lowest BCUT2D eigenvalue weighted by Crippen LogP contribution is -2.30. The van der Waals surface area contributed by atoms with Crippen LogP contribution in [0.3, 0.4) is 0 Å². The van der Waals surface area contributed by atoms with Crippen LogP contribution in [0, 0.1) is 6.92 Å². The second kappa shape index (κ2) is 9.03. The number of benzene rings is 1. The number of thiophene rings is 1. The highest BCUT2D eigenvalue weighted by atomic mass is 32.2. The lowest BCUT2D eigenvalue weighted by molar-refractivity contribution is 0.0719. The molecule has 30 heavy (non-hydrogen) atoms. The normalized spacial score (nSPS) is 11.6. The van der Waals surface area contributed by atoms with Crippen molar-refractivity contribution in [3.8, 4) is 5.75 Å². The third-order valence-corrected chi connectivity index (χ3v) is 7.35. The van der Waals surface area contributed by atoms with Gasteiger partial charge in [0.2, 0.25) is 10.0 Å². The predicted molar refractivity (Wildman–Crippen MR) is 115 cm³/mol. The Labute approximate surface area is 180 Å². The molecule has 0 N–H and O–H groups in total. The van der Waals surface area contributed by atoms with Gasteiger partial charge in [-0.25, -0.2) is 12.7 Å². The third kappa shape index (κ3) is 4.75. The summed E-state index contributed by atoms with van der Waals surface area (Å²) < 4.78 is 37.2. The Morgan fingerprint density at radius 3 is 2.47 bits per heavy atom. The molecule has 9 heteroatoms.